The zero-order valence-corrected chi connectivity index (χ0v) is 21.3. The van der Waals surface area contributed by atoms with E-state index >= 15 is 0 Å². The fourth-order valence-corrected chi connectivity index (χ4v) is 1.84. The van der Waals surface area contributed by atoms with Gasteiger partial charge in [0.25, 0.3) is 0 Å². The average molecular weight is 352 g/mol. The Morgan fingerprint density at radius 2 is 1.21 bits per heavy atom. The quantitative estimate of drug-likeness (QED) is 0.241. The van der Waals surface area contributed by atoms with Crippen molar-refractivity contribution in [2.24, 2.45) is 5.41 Å². The number of carbonyl (C=O) groups excluding carboxylic acids is 2. The number of aliphatic carboxylic acids is 2. The molecule has 0 radical (unpaired) electrons. The van der Waals surface area contributed by atoms with Crippen molar-refractivity contribution in [3.8, 4) is 0 Å². The predicted molar refractivity (Wildman–Crippen MR) is 86.2 cm³/mol. The third kappa shape index (κ3) is 21.6. The van der Waals surface area contributed by atoms with E-state index in [1.807, 2.05) is 0 Å². The molecular weight excluding hydrogens is 321 g/mol. The zero-order valence-electron chi connectivity index (χ0n) is 17.3. The van der Waals surface area contributed by atoms with E-state index in [1.54, 1.807) is 0 Å². The minimum Gasteiger partial charge on any atom is 1.00 e. The number of carboxylic acid groups (broad SMARTS) is 2. The molecule has 1 atom stereocenters. The summed E-state index contributed by atoms with van der Waals surface area (Å²) in [7, 11) is 0. The molecule has 0 aliphatic rings. The van der Waals surface area contributed by atoms with Gasteiger partial charge in [0.2, 0.25) is 0 Å². The summed E-state index contributed by atoms with van der Waals surface area (Å²) in [5.74, 6) is -3.25. The largest absolute Gasteiger partial charge is 1.00 e. The van der Waals surface area contributed by atoms with E-state index in [-0.39, 0.29) is 59.1 Å². The molecule has 0 aromatic heterocycles. The van der Waals surface area contributed by atoms with E-state index in [2.05, 4.69) is 52.3 Å². The normalized spacial score (nSPS) is 12.6. The summed E-state index contributed by atoms with van der Waals surface area (Å²) in [5.41, 5.74) is 0.441. The Kier molecular flexibility index (Phi) is 24.8. The maximum Gasteiger partial charge on any atom is 1.00 e. The van der Waals surface area contributed by atoms with Crippen LogP contribution in [-0.4, -0.2) is 29.7 Å². The van der Waals surface area contributed by atoms with Gasteiger partial charge >= 0.3 is 166 Å². The number of unbranched alkanes of at least 4 members (excludes halogenated alkanes) is 5. The molecule has 126 valence electrons. The zero-order chi connectivity index (χ0) is 17.8. The van der Waals surface area contributed by atoms with Crippen LogP contribution in [0.2, 0.25) is 4.09 Å². The standard InChI is InChI=1S/C14H29.C3H4O4.Li.2Na/c1-6-7-8-9-10-11-12-13(2)14(3,4)5;4-2(5)1-3(6)7;;;/h6-12H2,1-5H3;1H2,(H,4,5)(H,6,7);;;/q;;;2*+1/p-2. The Labute approximate surface area is 202 Å². The van der Waals surface area contributed by atoms with E-state index in [0.29, 0.717) is 9.50 Å². The molecule has 0 aromatic rings. The first-order chi connectivity index (χ1) is 9.94. The van der Waals surface area contributed by atoms with E-state index < -0.39 is 18.4 Å². The van der Waals surface area contributed by atoms with Crippen molar-refractivity contribution in [1.29, 1.82) is 0 Å². The summed E-state index contributed by atoms with van der Waals surface area (Å²) in [4.78, 5) is 18.6. The van der Waals surface area contributed by atoms with Crippen LogP contribution in [0.25, 0.3) is 0 Å². The molecule has 1 unspecified atom stereocenters. The third-order valence-corrected chi connectivity index (χ3v) is 4.47. The van der Waals surface area contributed by atoms with Crippen molar-refractivity contribution in [1.82, 2.24) is 0 Å². The molecule has 0 bridgehead atoms. The van der Waals surface area contributed by atoms with Crippen LogP contribution < -0.4 is 69.3 Å². The molecule has 0 spiro atoms. The fourth-order valence-electron chi connectivity index (χ4n) is 1.84. The molecule has 0 saturated carbocycles. The third-order valence-electron chi connectivity index (χ3n) is 4.47. The van der Waals surface area contributed by atoms with Crippen LogP contribution in [-0.2, 0) is 9.59 Å². The molecule has 0 heterocycles. The molecule has 4 nitrogen and oxygen atoms in total. The van der Waals surface area contributed by atoms with Gasteiger partial charge in [-0.15, -0.1) is 0 Å². The van der Waals surface area contributed by atoms with Gasteiger partial charge in [-0.25, -0.2) is 0 Å². The van der Waals surface area contributed by atoms with Crippen molar-refractivity contribution in [2.75, 3.05) is 0 Å². The molecule has 0 saturated heterocycles. The number of carbonyl (C=O) groups is 2. The van der Waals surface area contributed by atoms with Gasteiger partial charge < -0.3 is 19.8 Å². The smallest absolute Gasteiger partial charge is 1.00 e. The summed E-state index contributed by atoms with van der Waals surface area (Å²) >= 11 is 2.42. The number of hydrogen-bond donors (Lipinski definition) is 0. The van der Waals surface area contributed by atoms with E-state index in [4.69, 9.17) is 0 Å². The summed E-state index contributed by atoms with van der Waals surface area (Å²) in [5, 5.41) is 18.6. The molecular formula is C17H31LiNa2O4. The monoisotopic (exact) mass is 352 g/mol. The molecule has 24 heavy (non-hydrogen) atoms. The van der Waals surface area contributed by atoms with Crippen LogP contribution in [0.15, 0.2) is 0 Å². The summed E-state index contributed by atoms with van der Waals surface area (Å²) in [6, 6.07) is 0. The Bertz CT molecular complexity index is 317. The Morgan fingerprint density at radius 1 is 0.833 bits per heavy atom. The Hall–Kier alpha value is 1.54. The predicted octanol–water partition coefficient (Wildman–Crippen LogP) is -3.99. The van der Waals surface area contributed by atoms with Crippen LogP contribution >= 0.6 is 0 Å². The SMILES string of the molecule is O=C([O-])CC(=O)[O-].[Li][C](C)(CCCCCCCC)C(C)(C)C.[Na+].[Na+]. The van der Waals surface area contributed by atoms with Gasteiger partial charge in [0.05, 0.1) is 0 Å². The molecule has 0 aromatic carbocycles. The van der Waals surface area contributed by atoms with Crippen LogP contribution in [0.4, 0.5) is 0 Å². The average Bonchev–Trinajstić information content (AvgIpc) is 2.31. The number of hydrogen-bond acceptors (Lipinski definition) is 4. The summed E-state index contributed by atoms with van der Waals surface area (Å²) in [6.45, 7) is 11.8. The maximum atomic E-state index is 9.28. The first kappa shape index (κ1) is 33.1. The van der Waals surface area contributed by atoms with Crippen LogP contribution in [0.1, 0.15) is 86.0 Å². The minimum atomic E-state index is -1.63. The Morgan fingerprint density at radius 3 is 1.50 bits per heavy atom. The maximum absolute atomic E-state index is 9.28. The molecule has 0 aliphatic carbocycles. The second-order valence-corrected chi connectivity index (χ2v) is 7.57. The summed E-state index contributed by atoms with van der Waals surface area (Å²) < 4.78 is 0.484. The first-order valence-electron chi connectivity index (χ1n) is 8.33. The first-order valence-corrected chi connectivity index (χ1v) is 8.33. The second-order valence-electron chi connectivity index (χ2n) is 7.57. The van der Waals surface area contributed by atoms with Crippen molar-refractivity contribution >= 4 is 29.7 Å². The van der Waals surface area contributed by atoms with Gasteiger partial charge in [-0.1, -0.05) is 0 Å². The topological polar surface area (TPSA) is 80.3 Å². The minimum absolute atomic E-state index is 0. The van der Waals surface area contributed by atoms with E-state index in [0.717, 1.165) is 0 Å². The molecule has 7 heteroatoms. The van der Waals surface area contributed by atoms with Gasteiger partial charge in [0.15, 0.2) is 0 Å². The van der Waals surface area contributed by atoms with Gasteiger partial charge in [-0.05, 0) is 0 Å². The molecule has 0 aliphatic heterocycles. The number of carboxylic acids is 2. The van der Waals surface area contributed by atoms with E-state index in [1.165, 1.54) is 44.9 Å². The van der Waals surface area contributed by atoms with Gasteiger partial charge in [-0.2, -0.15) is 0 Å². The van der Waals surface area contributed by atoms with Crippen molar-refractivity contribution in [3.05, 3.63) is 0 Å². The van der Waals surface area contributed by atoms with Crippen LogP contribution in [0.5, 0.6) is 0 Å². The number of rotatable bonds is 9. The molecule has 0 fully saturated rings. The fraction of sp³-hybridized carbons (Fsp3) is 0.882. The second kappa shape index (κ2) is 17.9. The summed E-state index contributed by atoms with van der Waals surface area (Å²) in [6.07, 6.45) is 8.84. The van der Waals surface area contributed by atoms with Crippen LogP contribution in [0, 0.1) is 5.41 Å². The van der Waals surface area contributed by atoms with Gasteiger partial charge in [-0.3, -0.25) is 0 Å². The van der Waals surface area contributed by atoms with Gasteiger partial charge in [0, 0.05) is 18.4 Å². The molecule has 0 rings (SSSR count). The van der Waals surface area contributed by atoms with Crippen molar-refractivity contribution < 1.29 is 78.9 Å². The van der Waals surface area contributed by atoms with Crippen molar-refractivity contribution in [3.63, 3.8) is 0 Å². The van der Waals surface area contributed by atoms with E-state index in [9.17, 15) is 19.8 Å². The van der Waals surface area contributed by atoms with Gasteiger partial charge in [0.1, 0.15) is 0 Å². The molecule has 0 N–H and O–H groups in total. The molecule has 0 amide bonds. The van der Waals surface area contributed by atoms with Crippen LogP contribution in [0.3, 0.4) is 0 Å². The van der Waals surface area contributed by atoms with Crippen molar-refractivity contribution in [2.45, 2.75) is 90.1 Å². The Balaban J connectivity index is -0.000000191.